The number of amides is 4. The maximum absolute atomic E-state index is 12.6. The Bertz CT molecular complexity index is 1050. The van der Waals surface area contributed by atoms with Gasteiger partial charge in [0.25, 0.3) is 23.2 Å². The number of fused-ring (bicyclic) bond motifs is 1. The summed E-state index contributed by atoms with van der Waals surface area (Å²) in [6.45, 7) is 0. The Morgan fingerprint density at radius 1 is 1.00 bits per heavy atom. The van der Waals surface area contributed by atoms with E-state index in [4.69, 9.17) is 5.73 Å². The molecule has 150 valence electrons. The number of thiophene rings is 1. The highest BCUT2D eigenvalue weighted by Gasteiger charge is 2.29. The highest BCUT2D eigenvalue weighted by Crippen LogP contribution is 2.39. The van der Waals surface area contributed by atoms with Crippen LogP contribution in [0.15, 0.2) is 18.2 Å². The van der Waals surface area contributed by atoms with Crippen molar-refractivity contribution in [1.82, 2.24) is 5.32 Å². The number of nitro benzene ring substituents is 2. The lowest BCUT2D eigenvalue weighted by atomic mass is 10.1. The molecule has 0 fully saturated rings. The van der Waals surface area contributed by atoms with Crippen LogP contribution in [0, 0.1) is 20.2 Å². The number of urea groups is 1. The fourth-order valence-corrected chi connectivity index (χ4v) is 4.30. The minimum atomic E-state index is -1.06. The zero-order chi connectivity index (χ0) is 21.3. The second-order valence-electron chi connectivity index (χ2n) is 6.09. The van der Waals surface area contributed by atoms with Crippen LogP contribution < -0.4 is 16.4 Å². The summed E-state index contributed by atoms with van der Waals surface area (Å²) in [4.78, 5) is 57.2. The number of hydrogen-bond acceptors (Lipinski definition) is 8. The molecule has 0 saturated carbocycles. The van der Waals surface area contributed by atoms with Crippen LogP contribution in [0.3, 0.4) is 0 Å². The normalized spacial score (nSPS) is 12.1. The molecular formula is C16H13N5O7S. The molecule has 0 atom stereocenters. The molecule has 1 aliphatic carbocycles. The SMILES string of the molecule is NC(=O)NC(=O)c1c(NC(=O)c2cc([N+](=O)[O-])cc([N+](=O)[O-])c2)sc2c1CCC2. The standard InChI is InChI=1S/C16H13N5O7S/c17-16(24)19-14(23)12-10-2-1-3-11(10)29-15(12)18-13(22)7-4-8(20(25)26)6-9(5-7)21(27)28/h4-6H,1-3H2,(H,18,22)(H3,17,19,23,24). The Labute approximate surface area is 166 Å². The summed E-state index contributed by atoms with van der Waals surface area (Å²) in [7, 11) is 0. The van der Waals surface area contributed by atoms with E-state index in [1.807, 2.05) is 5.32 Å². The molecule has 2 aromatic rings. The van der Waals surface area contributed by atoms with Gasteiger partial charge in [-0.1, -0.05) is 0 Å². The number of nitrogens with two attached hydrogens (primary N) is 1. The zero-order valence-electron chi connectivity index (χ0n) is 14.6. The van der Waals surface area contributed by atoms with Gasteiger partial charge in [-0.25, -0.2) is 4.79 Å². The van der Waals surface area contributed by atoms with E-state index in [2.05, 4.69) is 5.32 Å². The number of carbonyl (C=O) groups excluding carboxylic acids is 3. The Morgan fingerprint density at radius 2 is 1.62 bits per heavy atom. The summed E-state index contributed by atoms with van der Waals surface area (Å²) in [5.41, 5.74) is 4.22. The van der Waals surface area contributed by atoms with E-state index in [0.29, 0.717) is 18.4 Å². The van der Waals surface area contributed by atoms with E-state index in [-0.39, 0.29) is 16.1 Å². The Kier molecular flexibility index (Phi) is 5.23. The van der Waals surface area contributed by atoms with E-state index in [1.54, 1.807) is 0 Å². The largest absolute Gasteiger partial charge is 0.351 e. The molecule has 1 aromatic heterocycles. The van der Waals surface area contributed by atoms with Gasteiger partial charge in [0, 0.05) is 17.0 Å². The van der Waals surface area contributed by atoms with Crippen LogP contribution in [0.1, 0.15) is 37.6 Å². The number of non-ortho nitro benzene ring substituents is 2. The van der Waals surface area contributed by atoms with Gasteiger partial charge >= 0.3 is 6.03 Å². The summed E-state index contributed by atoms with van der Waals surface area (Å²) in [6.07, 6.45) is 2.07. The summed E-state index contributed by atoms with van der Waals surface area (Å²) in [5.74, 6) is -1.65. The minimum Gasteiger partial charge on any atom is -0.351 e. The van der Waals surface area contributed by atoms with Gasteiger partial charge in [0.1, 0.15) is 5.00 Å². The van der Waals surface area contributed by atoms with Gasteiger partial charge in [-0.05, 0) is 24.8 Å². The molecule has 3 rings (SSSR count). The molecule has 12 nitrogen and oxygen atoms in total. The van der Waals surface area contributed by atoms with Crippen molar-refractivity contribution >= 4 is 45.6 Å². The van der Waals surface area contributed by atoms with Crippen LogP contribution in [0.4, 0.5) is 21.2 Å². The molecule has 0 aliphatic heterocycles. The van der Waals surface area contributed by atoms with E-state index in [1.165, 1.54) is 0 Å². The van der Waals surface area contributed by atoms with Gasteiger partial charge in [-0.3, -0.25) is 35.1 Å². The summed E-state index contributed by atoms with van der Waals surface area (Å²) in [6, 6.07) is 1.47. The van der Waals surface area contributed by atoms with Gasteiger partial charge in [-0.2, -0.15) is 0 Å². The Morgan fingerprint density at radius 3 is 2.17 bits per heavy atom. The van der Waals surface area contributed by atoms with Crippen molar-refractivity contribution in [1.29, 1.82) is 0 Å². The summed E-state index contributed by atoms with van der Waals surface area (Å²) < 4.78 is 0. The molecule has 1 heterocycles. The van der Waals surface area contributed by atoms with Crippen molar-refractivity contribution in [3.8, 4) is 0 Å². The number of nitrogens with one attached hydrogen (secondary N) is 2. The molecule has 0 spiro atoms. The molecule has 0 bridgehead atoms. The van der Waals surface area contributed by atoms with Crippen LogP contribution in [0.5, 0.6) is 0 Å². The highest BCUT2D eigenvalue weighted by atomic mass is 32.1. The summed E-state index contributed by atoms with van der Waals surface area (Å²) in [5, 5.41) is 26.6. The Hall–Kier alpha value is -3.87. The van der Waals surface area contributed by atoms with Crippen LogP contribution in [0.25, 0.3) is 0 Å². The van der Waals surface area contributed by atoms with Gasteiger partial charge in [0.05, 0.1) is 27.0 Å². The second kappa shape index (κ2) is 7.63. The van der Waals surface area contributed by atoms with Crippen molar-refractivity contribution < 1.29 is 24.2 Å². The van der Waals surface area contributed by atoms with Crippen LogP contribution in [-0.2, 0) is 12.8 Å². The predicted molar refractivity (Wildman–Crippen MR) is 101 cm³/mol. The quantitative estimate of drug-likeness (QED) is 0.488. The Balaban J connectivity index is 1.98. The first kappa shape index (κ1) is 19.9. The van der Waals surface area contributed by atoms with Gasteiger partial charge in [0.2, 0.25) is 0 Å². The first-order chi connectivity index (χ1) is 13.7. The number of anilines is 1. The minimum absolute atomic E-state index is 0.0922. The van der Waals surface area contributed by atoms with Gasteiger partial charge in [-0.15, -0.1) is 11.3 Å². The number of nitrogens with zero attached hydrogens (tertiary/aromatic N) is 2. The van der Waals surface area contributed by atoms with Crippen molar-refractivity contribution in [2.75, 3.05) is 5.32 Å². The third-order valence-electron chi connectivity index (χ3n) is 4.20. The van der Waals surface area contributed by atoms with Gasteiger partial charge < -0.3 is 11.1 Å². The molecule has 0 radical (unpaired) electrons. The lowest BCUT2D eigenvalue weighted by Gasteiger charge is -2.08. The fraction of sp³-hybridized carbons (Fsp3) is 0.188. The lowest BCUT2D eigenvalue weighted by Crippen LogP contribution is -2.35. The van der Waals surface area contributed by atoms with Crippen LogP contribution in [-0.4, -0.2) is 27.7 Å². The average molecular weight is 419 g/mol. The third-order valence-corrected chi connectivity index (χ3v) is 5.41. The molecular weight excluding hydrogens is 406 g/mol. The van der Waals surface area contributed by atoms with Crippen molar-refractivity contribution in [2.45, 2.75) is 19.3 Å². The maximum atomic E-state index is 12.6. The van der Waals surface area contributed by atoms with E-state index in [0.717, 1.165) is 40.8 Å². The fourth-order valence-electron chi connectivity index (χ4n) is 3.02. The smallest absolute Gasteiger partial charge is 0.319 e. The number of hydrogen-bond donors (Lipinski definition) is 3. The molecule has 1 aliphatic rings. The lowest BCUT2D eigenvalue weighted by molar-refractivity contribution is -0.394. The average Bonchev–Trinajstić information content (AvgIpc) is 3.20. The number of primary amides is 1. The molecule has 13 heteroatoms. The summed E-state index contributed by atoms with van der Waals surface area (Å²) >= 11 is 1.14. The van der Waals surface area contributed by atoms with Gasteiger partial charge in [0.15, 0.2) is 0 Å². The number of nitro groups is 2. The molecule has 4 N–H and O–H groups in total. The van der Waals surface area contributed by atoms with E-state index in [9.17, 15) is 34.6 Å². The first-order valence-electron chi connectivity index (χ1n) is 8.18. The molecule has 4 amide bonds. The van der Waals surface area contributed by atoms with Crippen molar-refractivity contribution in [3.05, 3.63) is 60.0 Å². The number of rotatable bonds is 5. The van der Waals surface area contributed by atoms with Crippen LogP contribution >= 0.6 is 11.3 Å². The third kappa shape index (κ3) is 4.03. The molecule has 0 saturated heterocycles. The number of imide groups is 1. The second-order valence-corrected chi connectivity index (χ2v) is 7.19. The van der Waals surface area contributed by atoms with Crippen molar-refractivity contribution in [3.63, 3.8) is 0 Å². The molecule has 0 unspecified atom stereocenters. The predicted octanol–water partition coefficient (Wildman–Crippen LogP) is 2.11. The van der Waals surface area contributed by atoms with E-state index >= 15 is 0 Å². The molecule has 29 heavy (non-hydrogen) atoms. The maximum Gasteiger partial charge on any atom is 0.319 e. The monoisotopic (exact) mass is 419 g/mol. The number of benzene rings is 1. The topological polar surface area (TPSA) is 188 Å². The number of carbonyl (C=O) groups is 3. The first-order valence-corrected chi connectivity index (χ1v) is 8.99. The van der Waals surface area contributed by atoms with E-state index < -0.39 is 39.1 Å². The highest BCUT2D eigenvalue weighted by molar-refractivity contribution is 7.17. The van der Waals surface area contributed by atoms with Crippen LogP contribution in [0.2, 0.25) is 0 Å². The number of aryl methyl sites for hydroxylation is 1. The molecule has 1 aromatic carbocycles. The van der Waals surface area contributed by atoms with Crippen molar-refractivity contribution in [2.24, 2.45) is 5.73 Å². The zero-order valence-corrected chi connectivity index (χ0v) is 15.4.